The zero-order valence-electron chi connectivity index (χ0n) is 10.0. The highest BCUT2D eigenvalue weighted by Gasteiger charge is 2.02. The molecule has 0 spiro atoms. The number of rotatable bonds is 5. The summed E-state index contributed by atoms with van der Waals surface area (Å²) >= 11 is 0. The van der Waals surface area contributed by atoms with Crippen molar-refractivity contribution in [3.05, 3.63) is 23.9 Å². The van der Waals surface area contributed by atoms with Crippen LogP contribution in [-0.2, 0) is 4.79 Å². The molecule has 0 aliphatic carbocycles. The van der Waals surface area contributed by atoms with Gasteiger partial charge < -0.3 is 10.6 Å². The first kappa shape index (κ1) is 18.5. The predicted molar refractivity (Wildman–Crippen MR) is 75.3 cm³/mol. The van der Waals surface area contributed by atoms with Crippen LogP contribution in [0.3, 0.4) is 0 Å². The summed E-state index contributed by atoms with van der Waals surface area (Å²) in [4.78, 5) is 15.5. The molecule has 1 aromatic rings. The number of hydrogen-bond acceptors (Lipinski definition) is 3. The Labute approximate surface area is 114 Å². The van der Waals surface area contributed by atoms with Crippen LogP contribution in [0, 0.1) is 6.92 Å². The van der Waals surface area contributed by atoms with Gasteiger partial charge in [0.1, 0.15) is 5.82 Å². The minimum atomic E-state index is 0. The van der Waals surface area contributed by atoms with Crippen molar-refractivity contribution >= 4 is 36.5 Å². The van der Waals surface area contributed by atoms with Gasteiger partial charge in [0.05, 0.1) is 0 Å². The Hall–Kier alpha value is -0.840. The van der Waals surface area contributed by atoms with Crippen molar-refractivity contribution in [3.8, 4) is 0 Å². The van der Waals surface area contributed by atoms with Crippen molar-refractivity contribution in [2.45, 2.75) is 19.8 Å². The van der Waals surface area contributed by atoms with E-state index in [-0.39, 0.29) is 30.7 Å². The van der Waals surface area contributed by atoms with Crippen LogP contribution < -0.4 is 10.6 Å². The standard InChI is InChI=1S/C11H17N3O.2ClH/c1-9-5-7-13-10(8-9)14-11(15)4-3-6-12-2;;/h5,7-8,12H,3-4,6H2,1-2H3,(H,13,14,15);2*1H. The van der Waals surface area contributed by atoms with Gasteiger partial charge in [-0.05, 0) is 44.6 Å². The van der Waals surface area contributed by atoms with E-state index in [9.17, 15) is 4.79 Å². The van der Waals surface area contributed by atoms with Gasteiger partial charge in [0.2, 0.25) is 5.91 Å². The molecule has 0 aliphatic rings. The van der Waals surface area contributed by atoms with Crippen LogP contribution in [0.1, 0.15) is 18.4 Å². The van der Waals surface area contributed by atoms with Crippen molar-refractivity contribution in [1.82, 2.24) is 10.3 Å². The first-order valence-corrected chi connectivity index (χ1v) is 5.09. The lowest BCUT2D eigenvalue weighted by Gasteiger charge is -2.04. The number of pyridine rings is 1. The highest BCUT2D eigenvalue weighted by atomic mass is 35.5. The van der Waals surface area contributed by atoms with Gasteiger partial charge in [0.15, 0.2) is 0 Å². The van der Waals surface area contributed by atoms with Gasteiger partial charge in [-0.3, -0.25) is 4.79 Å². The summed E-state index contributed by atoms with van der Waals surface area (Å²) in [6, 6.07) is 3.76. The molecule has 17 heavy (non-hydrogen) atoms. The number of nitrogens with zero attached hydrogens (tertiary/aromatic N) is 1. The van der Waals surface area contributed by atoms with Crippen molar-refractivity contribution in [2.75, 3.05) is 18.9 Å². The molecule has 0 saturated heterocycles. The lowest BCUT2D eigenvalue weighted by Crippen LogP contribution is -2.15. The van der Waals surface area contributed by atoms with Gasteiger partial charge >= 0.3 is 0 Å². The molecule has 0 atom stereocenters. The van der Waals surface area contributed by atoms with E-state index in [0.717, 1.165) is 18.5 Å². The predicted octanol–water partition coefficient (Wildman–Crippen LogP) is 2.17. The summed E-state index contributed by atoms with van der Waals surface area (Å²) in [5.41, 5.74) is 1.09. The lowest BCUT2D eigenvalue weighted by atomic mass is 10.2. The molecule has 0 unspecified atom stereocenters. The number of hydrogen-bond donors (Lipinski definition) is 2. The molecular weight excluding hydrogens is 261 g/mol. The summed E-state index contributed by atoms with van der Waals surface area (Å²) in [6.07, 6.45) is 3.06. The topological polar surface area (TPSA) is 54.0 Å². The lowest BCUT2D eigenvalue weighted by molar-refractivity contribution is -0.116. The van der Waals surface area contributed by atoms with Crippen LogP contribution in [-0.4, -0.2) is 24.5 Å². The fourth-order valence-electron chi connectivity index (χ4n) is 1.24. The van der Waals surface area contributed by atoms with E-state index in [2.05, 4.69) is 15.6 Å². The van der Waals surface area contributed by atoms with E-state index in [1.807, 2.05) is 26.1 Å². The van der Waals surface area contributed by atoms with E-state index >= 15 is 0 Å². The Morgan fingerprint density at radius 2 is 2.12 bits per heavy atom. The molecule has 1 amide bonds. The Balaban J connectivity index is 0. The smallest absolute Gasteiger partial charge is 0.225 e. The largest absolute Gasteiger partial charge is 0.320 e. The summed E-state index contributed by atoms with van der Waals surface area (Å²) in [7, 11) is 1.88. The maximum atomic E-state index is 11.4. The molecule has 6 heteroatoms. The zero-order chi connectivity index (χ0) is 11.1. The third-order valence-corrected chi connectivity index (χ3v) is 2.01. The average Bonchev–Trinajstić information content (AvgIpc) is 2.18. The van der Waals surface area contributed by atoms with E-state index in [1.54, 1.807) is 6.20 Å². The van der Waals surface area contributed by atoms with E-state index < -0.39 is 0 Å². The molecule has 0 radical (unpaired) electrons. The molecule has 1 aromatic heterocycles. The first-order chi connectivity index (χ1) is 7.22. The quantitative estimate of drug-likeness (QED) is 0.813. The van der Waals surface area contributed by atoms with Gasteiger partial charge in [-0.15, -0.1) is 24.8 Å². The molecule has 4 nitrogen and oxygen atoms in total. The molecular formula is C11H19Cl2N3O. The Kier molecular flexibility index (Phi) is 11.2. The average molecular weight is 280 g/mol. The number of halogens is 2. The summed E-state index contributed by atoms with van der Waals surface area (Å²) in [6.45, 7) is 2.83. The number of nitrogens with one attached hydrogen (secondary N) is 2. The Morgan fingerprint density at radius 3 is 2.71 bits per heavy atom. The van der Waals surface area contributed by atoms with Crippen molar-refractivity contribution in [3.63, 3.8) is 0 Å². The zero-order valence-corrected chi connectivity index (χ0v) is 11.7. The molecule has 0 aromatic carbocycles. The fraction of sp³-hybridized carbons (Fsp3) is 0.455. The van der Waals surface area contributed by atoms with Crippen LogP contribution in [0.4, 0.5) is 5.82 Å². The van der Waals surface area contributed by atoms with E-state index in [4.69, 9.17) is 0 Å². The number of amides is 1. The van der Waals surface area contributed by atoms with Crippen molar-refractivity contribution < 1.29 is 4.79 Å². The van der Waals surface area contributed by atoms with Crippen LogP contribution in [0.15, 0.2) is 18.3 Å². The second kappa shape index (κ2) is 10.3. The number of carbonyl (C=O) groups is 1. The molecule has 1 rings (SSSR count). The number of carbonyl (C=O) groups excluding carboxylic acids is 1. The first-order valence-electron chi connectivity index (χ1n) is 5.09. The molecule has 1 heterocycles. The maximum absolute atomic E-state index is 11.4. The number of aryl methyl sites for hydroxylation is 1. The van der Waals surface area contributed by atoms with Crippen LogP contribution in [0.25, 0.3) is 0 Å². The summed E-state index contributed by atoms with van der Waals surface area (Å²) < 4.78 is 0. The molecule has 0 aliphatic heterocycles. The Bertz CT molecular complexity index is 334. The third kappa shape index (κ3) is 7.96. The van der Waals surface area contributed by atoms with Gasteiger partial charge in [-0.2, -0.15) is 0 Å². The number of aromatic nitrogens is 1. The van der Waals surface area contributed by atoms with Gasteiger partial charge in [-0.1, -0.05) is 0 Å². The molecule has 0 bridgehead atoms. The van der Waals surface area contributed by atoms with E-state index in [0.29, 0.717) is 12.2 Å². The molecule has 2 N–H and O–H groups in total. The van der Waals surface area contributed by atoms with Crippen molar-refractivity contribution in [1.29, 1.82) is 0 Å². The third-order valence-electron chi connectivity index (χ3n) is 2.01. The molecule has 0 saturated carbocycles. The maximum Gasteiger partial charge on any atom is 0.225 e. The fourth-order valence-corrected chi connectivity index (χ4v) is 1.24. The SMILES string of the molecule is CNCCCC(=O)Nc1cc(C)ccn1.Cl.Cl. The second-order valence-electron chi connectivity index (χ2n) is 3.47. The highest BCUT2D eigenvalue weighted by Crippen LogP contribution is 2.05. The van der Waals surface area contributed by atoms with Crippen LogP contribution in [0.5, 0.6) is 0 Å². The van der Waals surface area contributed by atoms with Gasteiger partial charge in [-0.25, -0.2) is 4.98 Å². The molecule has 0 fully saturated rings. The van der Waals surface area contributed by atoms with Crippen LogP contribution >= 0.6 is 24.8 Å². The van der Waals surface area contributed by atoms with Gasteiger partial charge in [0, 0.05) is 12.6 Å². The monoisotopic (exact) mass is 279 g/mol. The summed E-state index contributed by atoms with van der Waals surface area (Å²) in [5.74, 6) is 0.646. The van der Waals surface area contributed by atoms with E-state index in [1.165, 1.54) is 0 Å². The minimum absolute atomic E-state index is 0. The normalized spacial score (nSPS) is 8.82. The van der Waals surface area contributed by atoms with Crippen LogP contribution in [0.2, 0.25) is 0 Å². The van der Waals surface area contributed by atoms with Gasteiger partial charge in [0.25, 0.3) is 0 Å². The summed E-state index contributed by atoms with van der Waals surface area (Å²) in [5, 5.41) is 5.76. The second-order valence-corrected chi connectivity index (χ2v) is 3.47. The number of anilines is 1. The molecule has 98 valence electrons. The minimum Gasteiger partial charge on any atom is -0.320 e. The van der Waals surface area contributed by atoms with Crippen molar-refractivity contribution in [2.24, 2.45) is 0 Å². The Morgan fingerprint density at radius 1 is 1.41 bits per heavy atom. The highest BCUT2D eigenvalue weighted by molar-refractivity contribution is 5.89.